The molecule has 0 spiro atoms. The van der Waals surface area contributed by atoms with E-state index in [0.29, 0.717) is 0 Å². The summed E-state index contributed by atoms with van der Waals surface area (Å²) < 4.78 is 23.8. The number of rotatable bonds is 5. The van der Waals surface area contributed by atoms with Gasteiger partial charge in [0.05, 0.1) is 5.75 Å². The van der Waals surface area contributed by atoms with E-state index >= 15 is 0 Å². The third kappa shape index (κ3) is 4.76. The van der Waals surface area contributed by atoms with E-state index in [1.54, 1.807) is 0 Å². The Morgan fingerprint density at radius 1 is 1.30 bits per heavy atom. The van der Waals surface area contributed by atoms with E-state index in [-0.39, 0.29) is 5.75 Å². The summed E-state index contributed by atoms with van der Waals surface area (Å²) in [6, 6.07) is 0. The molecular weight excluding hydrogens is 150 g/mol. The molecule has 0 atom stereocenters. The first-order chi connectivity index (χ1) is 4.62. The van der Waals surface area contributed by atoms with E-state index in [1.165, 1.54) is 7.05 Å². The lowest BCUT2D eigenvalue weighted by atomic mass is 10.3. The van der Waals surface area contributed by atoms with Gasteiger partial charge in [-0.25, -0.2) is 13.1 Å². The molecule has 0 saturated carbocycles. The van der Waals surface area contributed by atoms with Gasteiger partial charge in [-0.1, -0.05) is 19.8 Å². The molecule has 0 fully saturated rings. The zero-order valence-corrected chi connectivity index (χ0v) is 7.37. The summed E-state index contributed by atoms with van der Waals surface area (Å²) in [4.78, 5) is 0. The van der Waals surface area contributed by atoms with Gasteiger partial charge in [0.25, 0.3) is 0 Å². The zero-order valence-electron chi connectivity index (χ0n) is 6.55. The average molecular weight is 165 g/mol. The maximum atomic E-state index is 10.8. The minimum absolute atomic E-state index is 0.261. The van der Waals surface area contributed by atoms with Crippen LogP contribution in [0.4, 0.5) is 0 Å². The predicted octanol–water partition coefficient (Wildman–Crippen LogP) is 0.726. The molecule has 0 bridgehead atoms. The molecule has 0 aliphatic carbocycles. The van der Waals surface area contributed by atoms with E-state index < -0.39 is 10.0 Å². The van der Waals surface area contributed by atoms with E-state index in [9.17, 15) is 8.42 Å². The molecule has 4 heteroatoms. The molecule has 0 unspecified atom stereocenters. The Balaban J connectivity index is 3.49. The van der Waals surface area contributed by atoms with Crippen LogP contribution >= 0.6 is 0 Å². The Morgan fingerprint density at radius 3 is 2.30 bits per heavy atom. The van der Waals surface area contributed by atoms with E-state index in [4.69, 9.17) is 0 Å². The second kappa shape index (κ2) is 4.68. The summed E-state index contributed by atoms with van der Waals surface area (Å²) in [6.45, 7) is 2.05. The lowest BCUT2D eigenvalue weighted by Crippen LogP contribution is -2.21. The summed E-state index contributed by atoms with van der Waals surface area (Å²) in [6.07, 6.45) is 2.81. The number of hydrogen-bond acceptors (Lipinski definition) is 2. The SMILES string of the molecule is CCCCCS(=O)(=O)NC. The summed E-state index contributed by atoms with van der Waals surface area (Å²) in [5.74, 6) is 0.261. The molecule has 0 rings (SSSR count). The third-order valence-electron chi connectivity index (χ3n) is 1.33. The molecule has 0 aliphatic rings. The predicted molar refractivity (Wildman–Crippen MR) is 42.4 cm³/mol. The Labute approximate surface area is 62.9 Å². The Hall–Kier alpha value is -0.0900. The lowest BCUT2D eigenvalue weighted by Gasteiger charge is -1.99. The van der Waals surface area contributed by atoms with Gasteiger partial charge in [0.1, 0.15) is 0 Å². The van der Waals surface area contributed by atoms with Gasteiger partial charge in [-0.3, -0.25) is 0 Å². The largest absolute Gasteiger partial charge is 0.218 e. The first-order valence-corrected chi connectivity index (χ1v) is 5.19. The summed E-state index contributed by atoms with van der Waals surface area (Å²) >= 11 is 0. The van der Waals surface area contributed by atoms with E-state index in [1.807, 2.05) is 6.92 Å². The van der Waals surface area contributed by atoms with Crippen molar-refractivity contribution in [3.05, 3.63) is 0 Å². The first-order valence-electron chi connectivity index (χ1n) is 3.53. The van der Waals surface area contributed by atoms with Crippen LogP contribution in [0.15, 0.2) is 0 Å². The molecule has 0 aromatic heterocycles. The van der Waals surface area contributed by atoms with Crippen LogP contribution in [0.2, 0.25) is 0 Å². The number of hydrogen-bond donors (Lipinski definition) is 1. The van der Waals surface area contributed by atoms with Crippen LogP contribution in [0.1, 0.15) is 26.2 Å². The summed E-state index contributed by atoms with van der Waals surface area (Å²) in [5, 5.41) is 0. The summed E-state index contributed by atoms with van der Waals surface area (Å²) in [5.41, 5.74) is 0. The molecular formula is C6H15NO2S. The molecule has 0 aliphatic heterocycles. The molecule has 0 aromatic carbocycles. The molecule has 1 N–H and O–H groups in total. The monoisotopic (exact) mass is 165 g/mol. The third-order valence-corrected chi connectivity index (χ3v) is 2.78. The highest BCUT2D eigenvalue weighted by atomic mass is 32.2. The van der Waals surface area contributed by atoms with Crippen molar-refractivity contribution in [2.24, 2.45) is 0 Å². The van der Waals surface area contributed by atoms with Crippen molar-refractivity contribution in [3.63, 3.8) is 0 Å². The van der Waals surface area contributed by atoms with Crippen LogP contribution in [-0.2, 0) is 10.0 Å². The maximum absolute atomic E-state index is 10.8. The van der Waals surface area contributed by atoms with Gasteiger partial charge in [-0.05, 0) is 13.5 Å². The van der Waals surface area contributed by atoms with Gasteiger partial charge in [0.2, 0.25) is 10.0 Å². The van der Waals surface area contributed by atoms with Gasteiger partial charge in [-0.15, -0.1) is 0 Å². The topological polar surface area (TPSA) is 46.2 Å². The van der Waals surface area contributed by atoms with Crippen molar-refractivity contribution in [2.75, 3.05) is 12.8 Å². The van der Waals surface area contributed by atoms with Gasteiger partial charge < -0.3 is 0 Å². The molecule has 0 radical (unpaired) electrons. The van der Waals surface area contributed by atoms with Crippen molar-refractivity contribution >= 4 is 10.0 Å². The number of nitrogens with one attached hydrogen (secondary N) is 1. The number of sulfonamides is 1. The van der Waals surface area contributed by atoms with Crippen LogP contribution < -0.4 is 4.72 Å². The van der Waals surface area contributed by atoms with Crippen molar-refractivity contribution in [1.29, 1.82) is 0 Å². The number of unbranched alkanes of at least 4 members (excludes halogenated alkanes) is 2. The molecule has 0 heterocycles. The van der Waals surface area contributed by atoms with Crippen molar-refractivity contribution in [3.8, 4) is 0 Å². The van der Waals surface area contributed by atoms with E-state index in [2.05, 4.69) is 4.72 Å². The molecule has 0 aromatic rings. The second-order valence-electron chi connectivity index (χ2n) is 2.23. The smallest absolute Gasteiger partial charge is 0.211 e. The van der Waals surface area contributed by atoms with Crippen LogP contribution in [0, 0.1) is 0 Å². The fourth-order valence-corrected chi connectivity index (χ4v) is 1.43. The zero-order chi connectivity index (χ0) is 8.04. The highest BCUT2D eigenvalue weighted by Crippen LogP contribution is 1.96. The molecule has 62 valence electrons. The Morgan fingerprint density at radius 2 is 1.90 bits per heavy atom. The van der Waals surface area contributed by atoms with Crippen molar-refractivity contribution in [2.45, 2.75) is 26.2 Å². The van der Waals surface area contributed by atoms with E-state index in [0.717, 1.165) is 19.3 Å². The Bertz CT molecular complexity index is 163. The molecule has 10 heavy (non-hydrogen) atoms. The van der Waals surface area contributed by atoms with Crippen molar-refractivity contribution in [1.82, 2.24) is 4.72 Å². The minimum atomic E-state index is -2.94. The normalized spacial score (nSPS) is 11.8. The molecule has 3 nitrogen and oxygen atoms in total. The lowest BCUT2D eigenvalue weighted by molar-refractivity contribution is 0.583. The highest BCUT2D eigenvalue weighted by molar-refractivity contribution is 7.89. The highest BCUT2D eigenvalue weighted by Gasteiger charge is 2.03. The first kappa shape index (κ1) is 9.91. The van der Waals surface area contributed by atoms with Crippen LogP contribution in [0.5, 0.6) is 0 Å². The standard InChI is InChI=1S/C6H15NO2S/c1-3-4-5-6-10(8,9)7-2/h7H,3-6H2,1-2H3. The maximum Gasteiger partial charge on any atom is 0.211 e. The van der Waals surface area contributed by atoms with Gasteiger partial charge in [0, 0.05) is 0 Å². The van der Waals surface area contributed by atoms with Crippen LogP contribution in [0.3, 0.4) is 0 Å². The fraction of sp³-hybridized carbons (Fsp3) is 1.00. The van der Waals surface area contributed by atoms with Gasteiger partial charge in [-0.2, -0.15) is 0 Å². The molecule has 0 amide bonds. The van der Waals surface area contributed by atoms with Crippen molar-refractivity contribution < 1.29 is 8.42 Å². The summed E-state index contributed by atoms with van der Waals surface area (Å²) in [7, 11) is -1.50. The quantitative estimate of drug-likeness (QED) is 0.610. The van der Waals surface area contributed by atoms with Gasteiger partial charge in [0.15, 0.2) is 0 Å². The van der Waals surface area contributed by atoms with Crippen LogP contribution in [0.25, 0.3) is 0 Å². The van der Waals surface area contributed by atoms with Gasteiger partial charge >= 0.3 is 0 Å². The second-order valence-corrected chi connectivity index (χ2v) is 4.28. The van der Waals surface area contributed by atoms with Crippen LogP contribution in [-0.4, -0.2) is 21.2 Å². The molecule has 0 saturated heterocycles. The minimum Gasteiger partial charge on any atom is -0.218 e. The average Bonchev–Trinajstić information content (AvgIpc) is 1.89. The Kier molecular flexibility index (Phi) is 4.64. The fourth-order valence-electron chi connectivity index (χ4n) is 0.644.